The van der Waals surface area contributed by atoms with Crippen molar-refractivity contribution in [3.8, 4) is 11.4 Å². The second kappa shape index (κ2) is 6.73. The maximum atomic E-state index is 5.52. The molecule has 5 heteroatoms. The Bertz CT molecular complexity index is 511. The first-order valence-electron chi connectivity index (χ1n) is 6.37. The van der Waals surface area contributed by atoms with Crippen LogP contribution in [0.4, 0.5) is 0 Å². The minimum Gasteiger partial charge on any atom is -0.378 e. The Morgan fingerprint density at radius 1 is 1.21 bits per heavy atom. The Hall–Kier alpha value is -1.33. The molecule has 2 rings (SSSR count). The summed E-state index contributed by atoms with van der Waals surface area (Å²) in [4.78, 5) is 0. The van der Waals surface area contributed by atoms with Gasteiger partial charge >= 0.3 is 0 Å². The van der Waals surface area contributed by atoms with Gasteiger partial charge in [-0.05, 0) is 13.8 Å². The summed E-state index contributed by atoms with van der Waals surface area (Å²) in [5.41, 5.74) is 1.09. The highest BCUT2D eigenvalue weighted by molar-refractivity contribution is 7.99. The van der Waals surface area contributed by atoms with Gasteiger partial charge < -0.3 is 9.30 Å². The fourth-order valence-electron chi connectivity index (χ4n) is 1.70. The Labute approximate surface area is 118 Å². The van der Waals surface area contributed by atoms with Crippen molar-refractivity contribution in [2.45, 2.75) is 25.1 Å². The molecule has 0 aliphatic carbocycles. The molecular weight excluding hydrogens is 258 g/mol. The molecule has 0 amide bonds. The molecule has 102 valence electrons. The van der Waals surface area contributed by atoms with Gasteiger partial charge in [-0.1, -0.05) is 42.1 Å². The Morgan fingerprint density at radius 2 is 1.95 bits per heavy atom. The van der Waals surface area contributed by atoms with Crippen LogP contribution in [0.15, 0.2) is 35.5 Å². The molecule has 1 aromatic carbocycles. The lowest BCUT2D eigenvalue weighted by atomic mass is 10.2. The van der Waals surface area contributed by atoms with Gasteiger partial charge in [0.05, 0.1) is 12.7 Å². The molecule has 2 aromatic rings. The van der Waals surface area contributed by atoms with Crippen LogP contribution in [0, 0.1) is 0 Å². The predicted molar refractivity (Wildman–Crippen MR) is 78.3 cm³/mol. The van der Waals surface area contributed by atoms with Crippen LogP contribution in [0.3, 0.4) is 0 Å². The number of hydrogen-bond acceptors (Lipinski definition) is 4. The Morgan fingerprint density at radius 3 is 2.63 bits per heavy atom. The van der Waals surface area contributed by atoms with E-state index in [1.54, 1.807) is 11.8 Å². The molecule has 0 aliphatic heterocycles. The van der Waals surface area contributed by atoms with Crippen LogP contribution in [-0.2, 0) is 11.8 Å². The molecule has 0 unspecified atom stereocenters. The Kier molecular flexibility index (Phi) is 4.99. The summed E-state index contributed by atoms with van der Waals surface area (Å²) in [6.07, 6.45) is 0.278. The normalized spacial score (nSPS) is 11.2. The number of thioether (sulfide) groups is 1. The number of rotatable bonds is 6. The molecule has 0 fully saturated rings. The minimum absolute atomic E-state index is 0.278. The smallest absolute Gasteiger partial charge is 0.191 e. The summed E-state index contributed by atoms with van der Waals surface area (Å²) in [6, 6.07) is 10.1. The lowest BCUT2D eigenvalue weighted by Crippen LogP contribution is -2.06. The first-order valence-corrected chi connectivity index (χ1v) is 7.36. The standard InChI is InChI=1S/C14H19N3OS/c1-11(2)18-9-10-19-14-16-15-13(17(14)3)12-7-5-4-6-8-12/h4-8,11H,9-10H2,1-3H3. The highest BCUT2D eigenvalue weighted by atomic mass is 32.2. The van der Waals surface area contributed by atoms with Crippen LogP contribution in [-0.4, -0.2) is 33.2 Å². The second-order valence-electron chi connectivity index (χ2n) is 4.50. The molecule has 0 atom stereocenters. The summed E-state index contributed by atoms with van der Waals surface area (Å²) < 4.78 is 7.54. The van der Waals surface area contributed by atoms with Gasteiger partial charge in [0.25, 0.3) is 0 Å². The van der Waals surface area contributed by atoms with Gasteiger partial charge in [0.1, 0.15) is 0 Å². The van der Waals surface area contributed by atoms with E-state index in [-0.39, 0.29) is 6.10 Å². The first-order chi connectivity index (χ1) is 9.18. The van der Waals surface area contributed by atoms with Crippen molar-refractivity contribution in [3.63, 3.8) is 0 Å². The highest BCUT2D eigenvalue weighted by Gasteiger charge is 2.10. The molecule has 0 radical (unpaired) electrons. The SMILES string of the molecule is CC(C)OCCSc1nnc(-c2ccccc2)n1C. The maximum Gasteiger partial charge on any atom is 0.191 e. The summed E-state index contributed by atoms with van der Waals surface area (Å²) in [6.45, 7) is 4.82. The van der Waals surface area contributed by atoms with Crippen molar-refractivity contribution >= 4 is 11.8 Å². The van der Waals surface area contributed by atoms with Crippen LogP contribution >= 0.6 is 11.8 Å². The monoisotopic (exact) mass is 277 g/mol. The molecule has 4 nitrogen and oxygen atoms in total. The van der Waals surface area contributed by atoms with Crippen molar-refractivity contribution < 1.29 is 4.74 Å². The van der Waals surface area contributed by atoms with E-state index in [1.807, 2.05) is 55.8 Å². The van der Waals surface area contributed by atoms with Crippen LogP contribution in [0.5, 0.6) is 0 Å². The minimum atomic E-state index is 0.278. The van der Waals surface area contributed by atoms with Gasteiger partial charge in [-0.2, -0.15) is 0 Å². The van der Waals surface area contributed by atoms with Crippen LogP contribution in [0.2, 0.25) is 0 Å². The van der Waals surface area contributed by atoms with E-state index < -0.39 is 0 Å². The number of hydrogen-bond donors (Lipinski definition) is 0. The third-order valence-electron chi connectivity index (χ3n) is 2.63. The molecule has 0 bridgehead atoms. The van der Waals surface area contributed by atoms with E-state index in [9.17, 15) is 0 Å². The maximum absolute atomic E-state index is 5.52. The molecule has 0 saturated carbocycles. The van der Waals surface area contributed by atoms with E-state index in [0.29, 0.717) is 0 Å². The first kappa shape index (κ1) is 14.1. The zero-order valence-electron chi connectivity index (χ0n) is 11.5. The fraction of sp³-hybridized carbons (Fsp3) is 0.429. The fourth-order valence-corrected chi connectivity index (χ4v) is 2.44. The van der Waals surface area contributed by atoms with E-state index in [4.69, 9.17) is 4.74 Å². The molecule has 0 saturated heterocycles. The highest BCUT2D eigenvalue weighted by Crippen LogP contribution is 2.22. The van der Waals surface area contributed by atoms with Gasteiger partial charge in [0, 0.05) is 18.4 Å². The molecule has 0 aliphatic rings. The zero-order valence-corrected chi connectivity index (χ0v) is 12.4. The van der Waals surface area contributed by atoms with E-state index in [2.05, 4.69) is 10.2 Å². The van der Waals surface area contributed by atoms with E-state index in [0.717, 1.165) is 28.9 Å². The van der Waals surface area contributed by atoms with Crippen molar-refractivity contribution in [1.82, 2.24) is 14.8 Å². The largest absolute Gasteiger partial charge is 0.378 e. The topological polar surface area (TPSA) is 39.9 Å². The number of nitrogens with zero attached hydrogens (tertiary/aromatic N) is 3. The third-order valence-corrected chi connectivity index (χ3v) is 3.62. The van der Waals surface area contributed by atoms with Crippen molar-refractivity contribution in [2.75, 3.05) is 12.4 Å². The van der Waals surface area contributed by atoms with E-state index >= 15 is 0 Å². The lowest BCUT2D eigenvalue weighted by Gasteiger charge is -2.07. The van der Waals surface area contributed by atoms with Crippen molar-refractivity contribution in [1.29, 1.82) is 0 Å². The van der Waals surface area contributed by atoms with Crippen LogP contribution in [0.1, 0.15) is 13.8 Å². The second-order valence-corrected chi connectivity index (χ2v) is 5.56. The van der Waals surface area contributed by atoms with Gasteiger partial charge in [-0.25, -0.2) is 0 Å². The van der Waals surface area contributed by atoms with Gasteiger partial charge in [0.2, 0.25) is 0 Å². The Balaban J connectivity index is 1.99. The number of aromatic nitrogens is 3. The van der Waals surface area contributed by atoms with Crippen molar-refractivity contribution in [3.05, 3.63) is 30.3 Å². The van der Waals surface area contributed by atoms with Gasteiger partial charge in [-0.15, -0.1) is 10.2 Å². The van der Waals surface area contributed by atoms with Gasteiger partial charge in [-0.3, -0.25) is 0 Å². The van der Waals surface area contributed by atoms with Crippen LogP contribution in [0.25, 0.3) is 11.4 Å². The summed E-state index contributed by atoms with van der Waals surface area (Å²) >= 11 is 1.67. The lowest BCUT2D eigenvalue weighted by molar-refractivity contribution is 0.0920. The molecular formula is C14H19N3OS. The molecule has 0 N–H and O–H groups in total. The summed E-state index contributed by atoms with van der Waals surface area (Å²) in [5, 5.41) is 9.40. The number of benzene rings is 1. The average molecular weight is 277 g/mol. The zero-order chi connectivity index (χ0) is 13.7. The third kappa shape index (κ3) is 3.81. The predicted octanol–water partition coefficient (Wildman–Crippen LogP) is 3.00. The molecule has 1 aromatic heterocycles. The van der Waals surface area contributed by atoms with Gasteiger partial charge in [0.15, 0.2) is 11.0 Å². The summed E-state index contributed by atoms with van der Waals surface area (Å²) in [5.74, 6) is 1.78. The molecule has 1 heterocycles. The summed E-state index contributed by atoms with van der Waals surface area (Å²) in [7, 11) is 1.99. The number of ether oxygens (including phenoxy) is 1. The quantitative estimate of drug-likeness (QED) is 0.601. The average Bonchev–Trinajstić information content (AvgIpc) is 2.77. The molecule has 19 heavy (non-hydrogen) atoms. The van der Waals surface area contributed by atoms with Crippen LogP contribution < -0.4 is 0 Å². The van der Waals surface area contributed by atoms with Crippen molar-refractivity contribution in [2.24, 2.45) is 7.05 Å². The van der Waals surface area contributed by atoms with E-state index in [1.165, 1.54) is 0 Å². The molecule has 0 spiro atoms.